The minimum atomic E-state index is -0.252. The third-order valence-corrected chi connectivity index (χ3v) is 2.77. The average Bonchev–Trinajstić information content (AvgIpc) is 2.55. The quantitative estimate of drug-likeness (QED) is 0.481. The lowest BCUT2D eigenvalue weighted by atomic mass is 9.99. The van der Waals surface area contributed by atoms with E-state index in [-0.39, 0.29) is 11.8 Å². The Morgan fingerprint density at radius 2 is 1.50 bits per heavy atom. The Labute approximate surface area is 130 Å². The Morgan fingerprint density at radius 1 is 1.05 bits per heavy atom. The number of hydrogen-bond donors (Lipinski definition) is 0. The van der Waals surface area contributed by atoms with Gasteiger partial charge in [0.2, 0.25) is 5.78 Å². The molecule has 2 rings (SSSR count). The molecule has 0 bridgehead atoms. The Bertz CT molecular complexity index is 605. The van der Waals surface area contributed by atoms with Gasteiger partial charge in [-0.25, -0.2) is 0 Å². The van der Waals surface area contributed by atoms with Crippen molar-refractivity contribution in [3.63, 3.8) is 0 Å². The van der Waals surface area contributed by atoms with Gasteiger partial charge in [0.05, 0.1) is 6.04 Å². The Balaban J connectivity index is 0.000000346. The molecule has 0 aliphatic carbocycles. The number of aliphatic imine (C=N–C) groups is 1. The maximum absolute atomic E-state index is 9.73. The van der Waals surface area contributed by atoms with Crippen LogP contribution in [0.25, 0.3) is 5.53 Å². The number of hydrogen-bond acceptors (Lipinski definition) is 2. The summed E-state index contributed by atoms with van der Waals surface area (Å²) in [5.41, 5.74) is 10.0. The maximum atomic E-state index is 9.73. The first-order chi connectivity index (χ1) is 10.7. The molecular formula is C18H19N3O. The smallest absolute Gasteiger partial charge is 0.322 e. The van der Waals surface area contributed by atoms with Crippen LogP contribution in [-0.2, 0) is 4.79 Å². The van der Waals surface area contributed by atoms with Crippen LogP contribution in [0, 0.1) is 0 Å². The van der Waals surface area contributed by atoms with Gasteiger partial charge in [-0.05, 0) is 24.3 Å². The molecule has 0 amide bonds. The highest BCUT2D eigenvalue weighted by molar-refractivity contribution is 6.23. The molecule has 4 heteroatoms. The lowest BCUT2D eigenvalue weighted by Gasteiger charge is -2.12. The lowest BCUT2D eigenvalue weighted by Crippen LogP contribution is -1.97. The first-order valence-electron chi connectivity index (χ1n) is 6.94. The molecule has 112 valence electrons. The van der Waals surface area contributed by atoms with Crippen LogP contribution in [0.4, 0.5) is 0 Å². The van der Waals surface area contributed by atoms with E-state index >= 15 is 0 Å². The number of rotatable bonds is 4. The van der Waals surface area contributed by atoms with Crippen LogP contribution in [0.2, 0.25) is 0 Å². The van der Waals surface area contributed by atoms with E-state index in [0.29, 0.717) is 0 Å². The predicted molar refractivity (Wildman–Crippen MR) is 89.3 cm³/mol. The Morgan fingerprint density at radius 3 is 1.77 bits per heavy atom. The van der Waals surface area contributed by atoms with E-state index in [4.69, 9.17) is 5.53 Å². The molecule has 0 saturated heterocycles. The molecule has 0 spiro atoms. The lowest BCUT2D eigenvalue weighted by molar-refractivity contribution is -0.114. The number of nitrogens with zero attached hydrogens (tertiary/aromatic N) is 3. The Hall–Kier alpha value is -2.84. The van der Waals surface area contributed by atoms with E-state index in [2.05, 4.69) is 58.3 Å². The van der Waals surface area contributed by atoms with Gasteiger partial charge < -0.3 is 5.53 Å². The van der Waals surface area contributed by atoms with Crippen molar-refractivity contribution in [1.82, 2.24) is 0 Å². The van der Waals surface area contributed by atoms with Crippen LogP contribution in [0.5, 0.6) is 0 Å². The number of carbonyl (C=O) groups excluding carboxylic acids is 1. The first kappa shape index (κ1) is 17.2. The van der Waals surface area contributed by atoms with E-state index in [0.717, 1.165) is 6.21 Å². The van der Waals surface area contributed by atoms with Crippen molar-refractivity contribution in [2.75, 3.05) is 0 Å². The van der Waals surface area contributed by atoms with Gasteiger partial charge >= 0.3 is 6.21 Å². The summed E-state index contributed by atoms with van der Waals surface area (Å²) in [7, 11) is 0. The van der Waals surface area contributed by atoms with Gasteiger partial charge in [0.1, 0.15) is 0 Å². The fourth-order valence-electron chi connectivity index (χ4n) is 1.87. The highest BCUT2D eigenvalue weighted by Gasteiger charge is 2.10. The molecule has 0 N–H and O–H groups in total. The highest BCUT2D eigenvalue weighted by Crippen LogP contribution is 2.25. The molecule has 0 radical (unpaired) electrons. The average molecular weight is 293 g/mol. The minimum absolute atomic E-state index is 0.118. The zero-order valence-corrected chi connectivity index (χ0v) is 12.8. The first-order valence-corrected chi connectivity index (χ1v) is 6.94. The second kappa shape index (κ2) is 9.97. The molecule has 2 aromatic rings. The molecule has 0 saturated carbocycles. The van der Waals surface area contributed by atoms with Gasteiger partial charge in [-0.3, -0.25) is 9.79 Å². The summed E-state index contributed by atoms with van der Waals surface area (Å²) in [5.74, 6) is -0.252. The van der Waals surface area contributed by atoms with E-state index < -0.39 is 0 Å². The summed E-state index contributed by atoms with van der Waals surface area (Å²) in [6.07, 6.45) is 2.70. The Kier molecular flexibility index (Phi) is 7.80. The van der Waals surface area contributed by atoms with Crippen molar-refractivity contribution in [2.24, 2.45) is 4.99 Å². The third-order valence-electron chi connectivity index (χ3n) is 2.77. The number of ketones is 1. The van der Waals surface area contributed by atoms with Crippen molar-refractivity contribution in [3.8, 4) is 0 Å². The van der Waals surface area contributed by atoms with Crippen molar-refractivity contribution in [1.29, 1.82) is 0 Å². The fourth-order valence-corrected chi connectivity index (χ4v) is 1.87. The molecule has 0 aliphatic heterocycles. The molecular weight excluding hydrogens is 274 g/mol. The van der Waals surface area contributed by atoms with Crippen LogP contribution in [0.15, 0.2) is 65.7 Å². The molecule has 0 aliphatic rings. The molecule has 0 aromatic heterocycles. The topological polar surface area (TPSA) is 65.8 Å². The summed E-state index contributed by atoms with van der Waals surface area (Å²) >= 11 is 0. The highest BCUT2D eigenvalue weighted by atomic mass is 16.1. The molecule has 0 unspecified atom stereocenters. The van der Waals surface area contributed by atoms with E-state index in [1.54, 1.807) is 0 Å². The van der Waals surface area contributed by atoms with Gasteiger partial charge in [-0.1, -0.05) is 60.7 Å². The summed E-state index contributed by atoms with van der Waals surface area (Å²) in [4.78, 5) is 16.7. The largest absolute Gasteiger partial charge is 0.361 e. The fraction of sp³-hybridized carbons (Fsp3) is 0.167. The number of Topliss-reactive ketones (excluding diaryl/α,β-unsaturated/α-hetero) is 1. The van der Waals surface area contributed by atoms with E-state index in [1.165, 1.54) is 18.1 Å². The van der Waals surface area contributed by atoms with Crippen LogP contribution in [0.3, 0.4) is 0 Å². The normalized spacial score (nSPS) is 9.77. The van der Waals surface area contributed by atoms with Crippen molar-refractivity contribution in [2.45, 2.75) is 19.9 Å². The number of carbonyl (C=O) groups is 1. The summed E-state index contributed by atoms with van der Waals surface area (Å²) in [6.45, 7) is 3.26. The molecule has 0 atom stereocenters. The van der Waals surface area contributed by atoms with Crippen LogP contribution < -0.4 is 0 Å². The molecule has 0 fully saturated rings. The zero-order chi connectivity index (χ0) is 16.2. The van der Waals surface area contributed by atoms with Crippen molar-refractivity contribution in [3.05, 3.63) is 77.3 Å². The van der Waals surface area contributed by atoms with Gasteiger partial charge in [0.25, 0.3) is 0 Å². The predicted octanol–water partition coefficient (Wildman–Crippen LogP) is 3.74. The minimum Gasteiger partial charge on any atom is -0.361 e. The van der Waals surface area contributed by atoms with Gasteiger partial charge in [-0.2, -0.15) is 4.79 Å². The molecule has 2 aromatic carbocycles. The van der Waals surface area contributed by atoms with Gasteiger partial charge in [-0.15, -0.1) is 0 Å². The van der Waals surface area contributed by atoms with Crippen LogP contribution in [0.1, 0.15) is 31.0 Å². The summed E-state index contributed by atoms with van der Waals surface area (Å²) < 4.78 is 0. The van der Waals surface area contributed by atoms with Gasteiger partial charge in [0.15, 0.2) is 0 Å². The van der Waals surface area contributed by atoms with E-state index in [9.17, 15) is 4.79 Å². The summed E-state index contributed by atoms with van der Waals surface area (Å²) in [5, 5.41) is 0. The second-order valence-corrected chi connectivity index (χ2v) is 4.49. The standard InChI is InChI=1S/C15H15N.C3H4N2O/c1-2-16-15(13-9-5-3-6-10-13)14-11-7-4-8-12-14;1-3(6)2-5-4/h2-12,15H,1H3;2H,1H3. The third kappa shape index (κ3) is 6.07. The molecule has 4 nitrogen and oxygen atoms in total. The SMILES string of the molecule is CC(=O)C=[N+]=[N-].CC=NC(c1ccccc1)c1ccccc1. The van der Waals surface area contributed by atoms with Crippen molar-refractivity contribution < 1.29 is 9.58 Å². The van der Waals surface area contributed by atoms with Gasteiger partial charge in [0, 0.05) is 6.92 Å². The van der Waals surface area contributed by atoms with E-state index in [1.807, 2.05) is 25.3 Å². The van der Waals surface area contributed by atoms with Crippen LogP contribution >= 0.6 is 0 Å². The number of benzene rings is 2. The molecule has 0 heterocycles. The summed E-state index contributed by atoms with van der Waals surface area (Å²) in [6, 6.07) is 20.8. The van der Waals surface area contributed by atoms with Crippen LogP contribution in [-0.4, -0.2) is 23.0 Å². The monoisotopic (exact) mass is 293 g/mol. The molecule has 22 heavy (non-hydrogen) atoms. The van der Waals surface area contributed by atoms with Crippen molar-refractivity contribution >= 4 is 18.2 Å². The second-order valence-electron chi connectivity index (χ2n) is 4.49. The zero-order valence-electron chi connectivity index (χ0n) is 12.8. The maximum Gasteiger partial charge on any atom is 0.322 e.